The maximum absolute atomic E-state index is 12.3. The number of hydrogen-bond donors (Lipinski definition) is 2. The monoisotopic (exact) mass is 340 g/mol. The Morgan fingerprint density at radius 2 is 1.92 bits per heavy atom. The molecule has 1 aromatic heterocycles. The highest BCUT2D eigenvalue weighted by molar-refractivity contribution is 5.99. The Morgan fingerprint density at radius 1 is 1.16 bits per heavy atom. The summed E-state index contributed by atoms with van der Waals surface area (Å²) < 4.78 is 5.35. The minimum absolute atomic E-state index is 0.257. The molecule has 7 heteroatoms. The Labute approximate surface area is 145 Å². The number of hydrogen-bond acceptors (Lipinski definition) is 5. The van der Waals surface area contributed by atoms with E-state index < -0.39 is 5.91 Å². The van der Waals surface area contributed by atoms with E-state index in [0.29, 0.717) is 30.9 Å². The molecule has 3 rings (SSSR count). The third-order valence-corrected chi connectivity index (χ3v) is 4.01. The maximum Gasteiger partial charge on any atom is 0.251 e. The van der Waals surface area contributed by atoms with Crippen molar-refractivity contribution in [2.45, 2.75) is 6.54 Å². The Kier molecular flexibility index (Phi) is 5.25. The minimum Gasteiger partial charge on any atom is -0.378 e. The molecule has 1 aromatic carbocycles. The van der Waals surface area contributed by atoms with Gasteiger partial charge in [-0.1, -0.05) is 6.07 Å². The van der Waals surface area contributed by atoms with Crippen molar-refractivity contribution in [3.05, 3.63) is 59.3 Å². The van der Waals surface area contributed by atoms with Crippen molar-refractivity contribution in [2.75, 3.05) is 31.2 Å². The first-order chi connectivity index (χ1) is 12.1. The van der Waals surface area contributed by atoms with Crippen LogP contribution in [0, 0.1) is 0 Å². The molecule has 130 valence electrons. The zero-order chi connectivity index (χ0) is 17.6. The van der Waals surface area contributed by atoms with Gasteiger partial charge in [0.15, 0.2) is 0 Å². The number of carbonyl (C=O) groups excluding carboxylic acids is 2. The van der Waals surface area contributed by atoms with E-state index in [2.05, 4.69) is 15.2 Å². The van der Waals surface area contributed by atoms with E-state index in [-0.39, 0.29) is 5.91 Å². The zero-order valence-corrected chi connectivity index (χ0v) is 13.8. The smallest absolute Gasteiger partial charge is 0.251 e. The average molecular weight is 340 g/mol. The van der Waals surface area contributed by atoms with Gasteiger partial charge in [-0.3, -0.25) is 9.59 Å². The molecule has 3 N–H and O–H groups in total. The van der Waals surface area contributed by atoms with Crippen molar-refractivity contribution in [1.29, 1.82) is 0 Å². The Morgan fingerprint density at radius 3 is 2.68 bits per heavy atom. The van der Waals surface area contributed by atoms with Gasteiger partial charge in [-0.15, -0.1) is 0 Å². The number of rotatable bonds is 5. The van der Waals surface area contributed by atoms with Crippen LogP contribution in [-0.2, 0) is 11.3 Å². The summed E-state index contributed by atoms with van der Waals surface area (Å²) in [6, 6.07) is 10.2. The number of anilines is 1. The molecule has 25 heavy (non-hydrogen) atoms. The summed E-state index contributed by atoms with van der Waals surface area (Å²) in [5.41, 5.74) is 6.91. The van der Waals surface area contributed by atoms with Gasteiger partial charge in [0.2, 0.25) is 5.91 Å². The second-order valence-electron chi connectivity index (χ2n) is 5.75. The molecule has 2 amide bonds. The van der Waals surface area contributed by atoms with Crippen LogP contribution in [0.15, 0.2) is 42.6 Å². The number of morpholine rings is 1. The van der Waals surface area contributed by atoms with Gasteiger partial charge in [0, 0.05) is 37.0 Å². The molecule has 0 bridgehead atoms. The quantitative estimate of drug-likeness (QED) is 0.844. The SMILES string of the molecule is NC(=O)c1cccc(C(=O)NCc2ccnc(N3CCOCC3)c2)c1. The number of ether oxygens (including phenoxy) is 1. The minimum atomic E-state index is -0.557. The van der Waals surface area contributed by atoms with Crippen LogP contribution in [0.1, 0.15) is 26.3 Å². The summed E-state index contributed by atoms with van der Waals surface area (Å²) in [7, 11) is 0. The van der Waals surface area contributed by atoms with Crippen molar-refractivity contribution in [3.63, 3.8) is 0 Å². The van der Waals surface area contributed by atoms with Crippen molar-refractivity contribution in [3.8, 4) is 0 Å². The zero-order valence-electron chi connectivity index (χ0n) is 13.8. The first-order valence-corrected chi connectivity index (χ1v) is 8.09. The van der Waals surface area contributed by atoms with Crippen molar-refractivity contribution in [2.24, 2.45) is 5.73 Å². The molecule has 7 nitrogen and oxygen atoms in total. The van der Waals surface area contributed by atoms with Crippen LogP contribution in [0.25, 0.3) is 0 Å². The van der Waals surface area contributed by atoms with Crippen LogP contribution in [0.3, 0.4) is 0 Å². The van der Waals surface area contributed by atoms with Crippen molar-refractivity contribution >= 4 is 17.6 Å². The molecule has 1 aliphatic heterocycles. The molecular formula is C18H20N4O3. The number of benzene rings is 1. The Balaban J connectivity index is 1.64. The summed E-state index contributed by atoms with van der Waals surface area (Å²) in [5, 5.41) is 2.85. The molecule has 1 saturated heterocycles. The van der Waals surface area contributed by atoms with Crippen LogP contribution >= 0.6 is 0 Å². The molecule has 1 aliphatic rings. The number of aromatic nitrogens is 1. The van der Waals surface area contributed by atoms with E-state index in [4.69, 9.17) is 10.5 Å². The van der Waals surface area contributed by atoms with E-state index in [9.17, 15) is 9.59 Å². The van der Waals surface area contributed by atoms with E-state index >= 15 is 0 Å². The van der Waals surface area contributed by atoms with Crippen LogP contribution in [0.4, 0.5) is 5.82 Å². The first kappa shape index (κ1) is 16.9. The van der Waals surface area contributed by atoms with E-state index in [0.717, 1.165) is 24.5 Å². The predicted molar refractivity (Wildman–Crippen MR) is 93.4 cm³/mol. The fraction of sp³-hybridized carbons (Fsp3) is 0.278. The summed E-state index contributed by atoms with van der Waals surface area (Å²) >= 11 is 0. The Hall–Kier alpha value is -2.93. The average Bonchev–Trinajstić information content (AvgIpc) is 2.67. The molecular weight excluding hydrogens is 320 g/mol. The number of pyridine rings is 1. The molecule has 0 spiro atoms. The van der Waals surface area contributed by atoms with Gasteiger partial charge >= 0.3 is 0 Å². The predicted octanol–water partition coefficient (Wildman–Crippen LogP) is 0.947. The summed E-state index contributed by atoms with van der Waals surface area (Å²) in [4.78, 5) is 30.0. The second-order valence-corrected chi connectivity index (χ2v) is 5.75. The maximum atomic E-state index is 12.3. The van der Waals surface area contributed by atoms with E-state index in [1.807, 2.05) is 12.1 Å². The number of primary amides is 1. The summed E-state index contributed by atoms with van der Waals surface area (Å²) in [6.07, 6.45) is 1.74. The highest BCUT2D eigenvalue weighted by Gasteiger charge is 2.13. The summed E-state index contributed by atoms with van der Waals surface area (Å²) in [5.74, 6) is 0.0672. The topological polar surface area (TPSA) is 97.5 Å². The largest absolute Gasteiger partial charge is 0.378 e. The van der Waals surface area contributed by atoms with Crippen LogP contribution in [0.2, 0.25) is 0 Å². The van der Waals surface area contributed by atoms with Gasteiger partial charge in [0.05, 0.1) is 13.2 Å². The molecule has 0 radical (unpaired) electrons. The standard InChI is InChI=1S/C18H20N4O3/c19-17(23)14-2-1-3-15(11-14)18(24)21-12-13-4-5-20-16(10-13)22-6-8-25-9-7-22/h1-5,10-11H,6-9,12H2,(H2,19,23)(H,21,24). The first-order valence-electron chi connectivity index (χ1n) is 8.09. The number of nitrogens with zero attached hydrogens (tertiary/aromatic N) is 2. The van der Waals surface area contributed by atoms with E-state index in [1.165, 1.54) is 6.07 Å². The molecule has 0 atom stereocenters. The van der Waals surface area contributed by atoms with Gasteiger partial charge in [0.25, 0.3) is 5.91 Å². The molecule has 2 aromatic rings. The Bertz CT molecular complexity index is 772. The normalized spacial score (nSPS) is 14.2. The fourth-order valence-corrected chi connectivity index (χ4v) is 2.63. The highest BCUT2D eigenvalue weighted by Crippen LogP contribution is 2.14. The third-order valence-electron chi connectivity index (χ3n) is 4.01. The van der Waals surface area contributed by atoms with Gasteiger partial charge in [-0.05, 0) is 35.9 Å². The van der Waals surface area contributed by atoms with Crippen LogP contribution in [-0.4, -0.2) is 43.1 Å². The van der Waals surface area contributed by atoms with Gasteiger partial charge in [0.1, 0.15) is 5.82 Å². The highest BCUT2D eigenvalue weighted by atomic mass is 16.5. The van der Waals surface area contributed by atoms with Gasteiger partial charge < -0.3 is 20.7 Å². The van der Waals surface area contributed by atoms with Crippen molar-refractivity contribution in [1.82, 2.24) is 10.3 Å². The molecule has 0 unspecified atom stereocenters. The molecule has 0 aliphatic carbocycles. The van der Waals surface area contributed by atoms with E-state index in [1.54, 1.807) is 24.4 Å². The molecule has 0 saturated carbocycles. The lowest BCUT2D eigenvalue weighted by molar-refractivity contribution is 0.0951. The molecule has 1 fully saturated rings. The fourth-order valence-electron chi connectivity index (χ4n) is 2.63. The second kappa shape index (κ2) is 7.76. The number of nitrogens with one attached hydrogen (secondary N) is 1. The number of amides is 2. The van der Waals surface area contributed by atoms with Crippen molar-refractivity contribution < 1.29 is 14.3 Å². The summed E-state index contributed by atoms with van der Waals surface area (Å²) in [6.45, 7) is 3.38. The molecule has 2 heterocycles. The van der Waals surface area contributed by atoms with Crippen LogP contribution < -0.4 is 16.0 Å². The lowest BCUT2D eigenvalue weighted by atomic mass is 10.1. The van der Waals surface area contributed by atoms with Crippen LogP contribution in [0.5, 0.6) is 0 Å². The lowest BCUT2D eigenvalue weighted by Gasteiger charge is -2.28. The lowest BCUT2D eigenvalue weighted by Crippen LogP contribution is -2.36. The van der Waals surface area contributed by atoms with Gasteiger partial charge in [-0.2, -0.15) is 0 Å². The number of carbonyl (C=O) groups is 2. The number of nitrogens with two attached hydrogens (primary N) is 1. The van der Waals surface area contributed by atoms with Gasteiger partial charge in [-0.25, -0.2) is 4.98 Å². The third kappa shape index (κ3) is 4.33.